The van der Waals surface area contributed by atoms with E-state index >= 15 is 0 Å². The molecule has 0 amide bonds. The molecule has 0 radical (unpaired) electrons. The molecule has 0 saturated heterocycles. The maximum absolute atomic E-state index is 12.9. The second kappa shape index (κ2) is 6.70. The van der Waals surface area contributed by atoms with Gasteiger partial charge in [-0.2, -0.15) is 10.1 Å². The normalized spacial score (nSPS) is 14.7. The van der Waals surface area contributed by atoms with Gasteiger partial charge in [-0.25, -0.2) is 9.80 Å². The number of halogens is 1. The van der Waals surface area contributed by atoms with Crippen LogP contribution in [-0.4, -0.2) is 36.2 Å². The highest BCUT2D eigenvalue weighted by Gasteiger charge is 2.31. The summed E-state index contributed by atoms with van der Waals surface area (Å²) in [6, 6.07) is 6.56. The Labute approximate surface area is 170 Å². The molecule has 0 aliphatic carbocycles. The van der Waals surface area contributed by atoms with E-state index in [1.165, 1.54) is 23.5 Å². The van der Waals surface area contributed by atoms with Gasteiger partial charge in [-0.05, 0) is 31.5 Å². The second-order valence-electron chi connectivity index (χ2n) is 7.06. The summed E-state index contributed by atoms with van der Waals surface area (Å²) in [4.78, 5) is 41.8. The van der Waals surface area contributed by atoms with Gasteiger partial charge in [0.1, 0.15) is 6.04 Å². The number of fused-ring (bicyclic) bond motifs is 3. The molecule has 0 unspecified atom stereocenters. The average Bonchev–Trinajstić information content (AvgIpc) is 3.09. The Morgan fingerprint density at radius 1 is 1.14 bits per heavy atom. The lowest BCUT2D eigenvalue weighted by Gasteiger charge is -2.29. The van der Waals surface area contributed by atoms with Crippen LogP contribution in [0.1, 0.15) is 19.4 Å². The van der Waals surface area contributed by atoms with Gasteiger partial charge in [0.05, 0.1) is 12.3 Å². The number of aryl methyl sites for hydroxylation is 1. The van der Waals surface area contributed by atoms with E-state index in [4.69, 9.17) is 11.6 Å². The molecule has 2 aromatic heterocycles. The molecule has 29 heavy (non-hydrogen) atoms. The summed E-state index contributed by atoms with van der Waals surface area (Å²) >= 11 is 6.00. The molecule has 0 fully saturated rings. The zero-order valence-electron chi connectivity index (χ0n) is 16.4. The lowest BCUT2D eigenvalue weighted by molar-refractivity contribution is -0.118. The first kappa shape index (κ1) is 19.1. The van der Waals surface area contributed by atoms with Crippen molar-refractivity contribution in [2.45, 2.75) is 26.4 Å². The highest BCUT2D eigenvalue weighted by atomic mass is 35.5. The van der Waals surface area contributed by atoms with E-state index in [2.05, 4.69) is 10.1 Å². The van der Waals surface area contributed by atoms with Gasteiger partial charge >= 0.3 is 5.69 Å². The van der Waals surface area contributed by atoms with Crippen molar-refractivity contribution < 1.29 is 4.79 Å². The SMILES string of the molecule is CC(=O)[C@H](C)N1N=C(c2ccc(Cl)cc2)Cn2c1nc1c2c(=O)n(C)c(=O)n1C. The van der Waals surface area contributed by atoms with Gasteiger partial charge in [0.15, 0.2) is 16.9 Å². The van der Waals surface area contributed by atoms with E-state index in [9.17, 15) is 14.4 Å². The van der Waals surface area contributed by atoms with Crippen LogP contribution in [0.25, 0.3) is 11.2 Å². The van der Waals surface area contributed by atoms with Gasteiger partial charge in [0.25, 0.3) is 5.56 Å². The second-order valence-corrected chi connectivity index (χ2v) is 7.50. The minimum Gasteiger partial charge on any atom is -0.298 e. The maximum Gasteiger partial charge on any atom is 0.332 e. The first-order valence-electron chi connectivity index (χ1n) is 9.00. The minimum absolute atomic E-state index is 0.105. The number of benzene rings is 1. The molecule has 150 valence electrons. The monoisotopic (exact) mass is 414 g/mol. The van der Waals surface area contributed by atoms with Crippen LogP contribution in [0.15, 0.2) is 39.0 Å². The number of anilines is 1. The van der Waals surface area contributed by atoms with Crippen molar-refractivity contribution in [3.63, 3.8) is 0 Å². The maximum atomic E-state index is 12.9. The van der Waals surface area contributed by atoms with E-state index in [0.29, 0.717) is 16.7 Å². The van der Waals surface area contributed by atoms with Crippen LogP contribution in [0.5, 0.6) is 0 Å². The molecule has 3 heterocycles. The molecular weight excluding hydrogens is 396 g/mol. The Morgan fingerprint density at radius 3 is 2.41 bits per heavy atom. The first-order valence-corrected chi connectivity index (χ1v) is 9.38. The van der Waals surface area contributed by atoms with E-state index in [-0.39, 0.29) is 23.5 Å². The van der Waals surface area contributed by atoms with Crippen LogP contribution in [0.4, 0.5) is 5.95 Å². The van der Waals surface area contributed by atoms with Crippen LogP contribution in [0.2, 0.25) is 5.02 Å². The van der Waals surface area contributed by atoms with Crippen molar-refractivity contribution in [2.24, 2.45) is 19.2 Å². The smallest absolute Gasteiger partial charge is 0.298 e. The van der Waals surface area contributed by atoms with E-state index in [0.717, 1.165) is 10.1 Å². The largest absolute Gasteiger partial charge is 0.332 e. The topological polar surface area (TPSA) is 94.5 Å². The van der Waals surface area contributed by atoms with E-state index in [1.807, 2.05) is 12.1 Å². The lowest BCUT2D eigenvalue weighted by Crippen LogP contribution is -2.41. The zero-order valence-corrected chi connectivity index (χ0v) is 17.1. The van der Waals surface area contributed by atoms with Crippen LogP contribution >= 0.6 is 11.6 Å². The van der Waals surface area contributed by atoms with Crippen molar-refractivity contribution in [1.29, 1.82) is 0 Å². The third-order valence-electron chi connectivity index (χ3n) is 5.20. The van der Waals surface area contributed by atoms with Gasteiger partial charge in [-0.15, -0.1) is 0 Å². The molecule has 0 saturated carbocycles. The van der Waals surface area contributed by atoms with Crippen molar-refractivity contribution in [3.05, 3.63) is 55.7 Å². The number of imidazole rings is 1. The molecule has 0 bridgehead atoms. The van der Waals surface area contributed by atoms with Gasteiger partial charge in [-0.3, -0.25) is 23.3 Å². The summed E-state index contributed by atoms with van der Waals surface area (Å²) in [5, 5.41) is 6.74. The molecule has 1 aliphatic heterocycles. The summed E-state index contributed by atoms with van der Waals surface area (Å²) in [7, 11) is 2.99. The Morgan fingerprint density at radius 2 is 1.79 bits per heavy atom. The van der Waals surface area contributed by atoms with Crippen molar-refractivity contribution in [3.8, 4) is 0 Å². The summed E-state index contributed by atoms with van der Waals surface area (Å²) < 4.78 is 4.07. The molecule has 0 N–H and O–H groups in total. The number of carbonyl (C=O) groups excluding carboxylic acids is 1. The third kappa shape index (κ3) is 2.89. The summed E-state index contributed by atoms with van der Waals surface area (Å²) in [6.07, 6.45) is 0. The van der Waals surface area contributed by atoms with Crippen molar-refractivity contribution >= 4 is 40.2 Å². The molecule has 10 heteroatoms. The quantitative estimate of drug-likeness (QED) is 0.643. The van der Waals surface area contributed by atoms with Crippen molar-refractivity contribution in [1.82, 2.24) is 18.7 Å². The Bertz CT molecular complexity index is 1300. The fourth-order valence-electron chi connectivity index (χ4n) is 3.34. The molecule has 0 spiro atoms. The Kier molecular flexibility index (Phi) is 4.42. The number of hydrogen-bond acceptors (Lipinski definition) is 6. The fourth-order valence-corrected chi connectivity index (χ4v) is 3.47. The van der Waals surface area contributed by atoms with Crippen LogP contribution in [0, 0.1) is 0 Å². The van der Waals surface area contributed by atoms with E-state index in [1.54, 1.807) is 30.7 Å². The number of Topliss-reactive ketones (excluding diaryl/α,β-unsaturated/α-hetero) is 1. The summed E-state index contributed by atoms with van der Waals surface area (Å²) in [6.45, 7) is 3.46. The number of hydrogen-bond donors (Lipinski definition) is 0. The molecule has 3 aromatic rings. The lowest BCUT2D eigenvalue weighted by atomic mass is 10.1. The number of ketones is 1. The molecule has 1 aliphatic rings. The molecular formula is C19H19ClN6O3. The number of carbonyl (C=O) groups is 1. The standard InChI is InChI=1S/C19H19ClN6O3/c1-10(11(2)27)26-18-21-16-15(17(28)24(4)19(29)23(16)3)25(18)9-14(22-26)12-5-7-13(20)8-6-12/h5-8,10H,9H2,1-4H3/t10-/m0/s1. The van der Waals surface area contributed by atoms with Crippen molar-refractivity contribution in [2.75, 3.05) is 5.01 Å². The number of rotatable bonds is 3. The van der Waals surface area contributed by atoms with Gasteiger partial charge in [-0.1, -0.05) is 23.7 Å². The highest BCUT2D eigenvalue weighted by molar-refractivity contribution is 6.30. The molecule has 1 atom stereocenters. The van der Waals surface area contributed by atoms with Gasteiger partial charge < -0.3 is 0 Å². The Balaban J connectivity index is 2.01. The first-order chi connectivity index (χ1) is 13.7. The van der Waals surface area contributed by atoms with Crippen LogP contribution in [-0.2, 0) is 25.4 Å². The number of aromatic nitrogens is 4. The van der Waals surface area contributed by atoms with Crippen LogP contribution in [0.3, 0.4) is 0 Å². The van der Waals surface area contributed by atoms with Gasteiger partial charge in [0, 0.05) is 19.1 Å². The fraction of sp³-hybridized carbons (Fsp3) is 0.316. The number of nitrogens with zero attached hydrogens (tertiary/aromatic N) is 6. The Hall–Kier alpha value is -3.20. The van der Waals surface area contributed by atoms with E-state index < -0.39 is 17.3 Å². The molecule has 1 aromatic carbocycles. The average molecular weight is 415 g/mol. The minimum atomic E-state index is -0.603. The predicted molar refractivity (Wildman–Crippen MR) is 111 cm³/mol. The molecule has 4 rings (SSSR count). The van der Waals surface area contributed by atoms with Gasteiger partial charge in [0.2, 0.25) is 5.95 Å². The summed E-state index contributed by atoms with van der Waals surface area (Å²) in [5.74, 6) is 0.241. The third-order valence-corrected chi connectivity index (χ3v) is 5.45. The summed E-state index contributed by atoms with van der Waals surface area (Å²) in [5.41, 5.74) is 1.08. The zero-order chi connectivity index (χ0) is 21.0. The highest BCUT2D eigenvalue weighted by Crippen LogP contribution is 2.27. The predicted octanol–water partition coefficient (Wildman–Crippen LogP) is 1.29. The van der Waals surface area contributed by atoms with Crippen LogP contribution < -0.4 is 16.3 Å². The molecule has 9 nitrogen and oxygen atoms in total. The number of hydrazone groups is 1.